The Morgan fingerprint density at radius 2 is 2.43 bits per heavy atom. The molecule has 2 rings (SSSR count). The molecule has 0 saturated heterocycles. The van der Waals surface area contributed by atoms with Gasteiger partial charge >= 0.3 is 0 Å². The van der Waals surface area contributed by atoms with Crippen molar-refractivity contribution < 1.29 is 0 Å². The predicted molar refractivity (Wildman–Crippen MR) is 54.9 cm³/mol. The molecule has 2 N–H and O–H groups in total. The number of nitrogens with two attached hydrogens (primary N) is 1. The number of fused-ring (bicyclic) bond motifs is 1. The van der Waals surface area contributed by atoms with Crippen LogP contribution in [0.1, 0.15) is 31.9 Å². The van der Waals surface area contributed by atoms with E-state index in [4.69, 9.17) is 5.73 Å². The van der Waals surface area contributed by atoms with Gasteiger partial charge in [-0.25, -0.2) is 9.67 Å². The molecule has 0 spiro atoms. The first-order valence-electron chi connectivity index (χ1n) is 5.33. The van der Waals surface area contributed by atoms with E-state index in [1.54, 1.807) is 0 Å². The van der Waals surface area contributed by atoms with Gasteiger partial charge in [0.25, 0.3) is 0 Å². The van der Waals surface area contributed by atoms with Crippen molar-refractivity contribution in [3.63, 3.8) is 0 Å². The molecule has 0 saturated carbocycles. The van der Waals surface area contributed by atoms with Crippen LogP contribution in [0.4, 0.5) is 0 Å². The summed E-state index contributed by atoms with van der Waals surface area (Å²) in [4.78, 5) is 4.50. The number of hydrogen-bond acceptors (Lipinski definition) is 3. The molecule has 1 aliphatic heterocycles. The lowest BCUT2D eigenvalue weighted by molar-refractivity contribution is 0.367. The fourth-order valence-corrected chi connectivity index (χ4v) is 1.89. The molecule has 1 aromatic rings. The SMILES string of the molecule is CC(N)Cc1nc2n(n1)CC(C)CC2. The molecule has 0 amide bonds. The normalized spacial score (nSPS) is 23.2. The van der Waals surface area contributed by atoms with Crippen molar-refractivity contribution >= 4 is 0 Å². The number of nitrogens with zero attached hydrogens (tertiary/aromatic N) is 3. The highest BCUT2D eigenvalue weighted by Gasteiger charge is 2.18. The highest BCUT2D eigenvalue weighted by atomic mass is 15.4. The molecular formula is C10H18N4. The first-order valence-corrected chi connectivity index (χ1v) is 5.33. The van der Waals surface area contributed by atoms with Crippen LogP contribution >= 0.6 is 0 Å². The molecule has 0 aromatic carbocycles. The summed E-state index contributed by atoms with van der Waals surface area (Å²) < 4.78 is 2.05. The Hall–Kier alpha value is -0.900. The zero-order valence-corrected chi connectivity index (χ0v) is 8.90. The third kappa shape index (κ3) is 1.95. The molecule has 78 valence electrons. The van der Waals surface area contributed by atoms with E-state index in [-0.39, 0.29) is 6.04 Å². The van der Waals surface area contributed by atoms with Crippen molar-refractivity contribution in [3.05, 3.63) is 11.6 Å². The third-order valence-electron chi connectivity index (χ3n) is 2.64. The molecule has 2 atom stereocenters. The van der Waals surface area contributed by atoms with Crippen molar-refractivity contribution in [1.82, 2.24) is 14.8 Å². The number of hydrogen-bond donors (Lipinski definition) is 1. The smallest absolute Gasteiger partial charge is 0.152 e. The molecule has 4 heteroatoms. The maximum absolute atomic E-state index is 5.72. The van der Waals surface area contributed by atoms with Crippen molar-refractivity contribution in [1.29, 1.82) is 0 Å². The Balaban J connectivity index is 2.15. The lowest BCUT2D eigenvalue weighted by Gasteiger charge is -2.17. The van der Waals surface area contributed by atoms with E-state index in [2.05, 4.69) is 17.0 Å². The molecule has 0 radical (unpaired) electrons. The molecule has 2 heterocycles. The molecule has 0 bridgehead atoms. The lowest BCUT2D eigenvalue weighted by Crippen LogP contribution is -2.19. The summed E-state index contributed by atoms with van der Waals surface area (Å²) in [5, 5.41) is 4.47. The minimum atomic E-state index is 0.150. The number of aryl methyl sites for hydroxylation is 1. The van der Waals surface area contributed by atoms with Crippen molar-refractivity contribution in [2.75, 3.05) is 0 Å². The van der Waals surface area contributed by atoms with Crippen LogP contribution in [0, 0.1) is 5.92 Å². The summed E-state index contributed by atoms with van der Waals surface area (Å²) in [5.41, 5.74) is 5.72. The Morgan fingerprint density at radius 1 is 1.64 bits per heavy atom. The average Bonchev–Trinajstić information content (AvgIpc) is 2.44. The van der Waals surface area contributed by atoms with Gasteiger partial charge in [0.05, 0.1) is 0 Å². The summed E-state index contributed by atoms with van der Waals surface area (Å²) in [6, 6.07) is 0.150. The van der Waals surface area contributed by atoms with Gasteiger partial charge in [-0.3, -0.25) is 0 Å². The Kier molecular flexibility index (Phi) is 2.54. The lowest BCUT2D eigenvalue weighted by atomic mass is 10.0. The van der Waals surface area contributed by atoms with E-state index in [0.717, 1.165) is 37.0 Å². The van der Waals surface area contributed by atoms with E-state index in [9.17, 15) is 0 Å². The van der Waals surface area contributed by atoms with Gasteiger partial charge in [0.15, 0.2) is 5.82 Å². The van der Waals surface area contributed by atoms with Gasteiger partial charge in [-0.2, -0.15) is 5.10 Å². The minimum absolute atomic E-state index is 0.150. The van der Waals surface area contributed by atoms with Gasteiger partial charge in [0.1, 0.15) is 5.82 Å². The van der Waals surface area contributed by atoms with Gasteiger partial charge in [-0.15, -0.1) is 0 Å². The molecule has 1 aliphatic rings. The van der Waals surface area contributed by atoms with Crippen LogP contribution in [0.3, 0.4) is 0 Å². The van der Waals surface area contributed by atoms with E-state index in [0.29, 0.717) is 0 Å². The molecule has 1 aromatic heterocycles. The highest BCUT2D eigenvalue weighted by Crippen LogP contribution is 2.17. The van der Waals surface area contributed by atoms with Crippen LogP contribution in [-0.4, -0.2) is 20.8 Å². The molecular weight excluding hydrogens is 176 g/mol. The van der Waals surface area contributed by atoms with Crippen LogP contribution in [0.25, 0.3) is 0 Å². The standard InChI is InChI=1S/C10H18N4/c1-7-3-4-10-12-9(5-8(2)11)13-14(10)6-7/h7-8H,3-6,11H2,1-2H3. The maximum Gasteiger partial charge on any atom is 0.152 e. The predicted octanol–water partition coefficient (Wildman–Crippen LogP) is 0.750. The Morgan fingerprint density at radius 3 is 3.14 bits per heavy atom. The first-order chi connectivity index (χ1) is 6.65. The van der Waals surface area contributed by atoms with Gasteiger partial charge < -0.3 is 5.73 Å². The Bertz CT molecular complexity index is 316. The highest BCUT2D eigenvalue weighted by molar-refractivity contribution is 4.97. The number of aromatic nitrogens is 3. The van der Waals surface area contributed by atoms with Crippen LogP contribution in [0.15, 0.2) is 0 Å². The first kappa shape index (κ1) is 9.65. The van der Waals surface area contributed by atoms with E-state index in [1.807, 2.05) is 11.6 Å². The van der Waals surface area contributed by atoms with Crippen LogP contribution in [0.5, 0.6) is 0 Å². The van der Waals surface area contributed by atoms with Gasteiger partial charge in [0, 0.05) is 25.4 Å². The molecule has 2 unspecified atom stereocenters. The van der Waals surface area contributed by atoms with E-state index >= 15 is 0 Å². The second kappa shape index (κ2) is 3.69. The summed E-state index contributed by atoms with van der Waals surface area (Å²) in [6.45, 7) is 5.26. The van der Waals surface area contributed by atoms with Gasteiger partial charge in [0.2, 0.25) is 0 Å². The zero-order chi connectivity index (χ0) is 10.1. The van der Waals surface area contributed by atoms with Gasteiger partial charge in [-0.05, 0) is 19.3 Å². The van der Waals surface area contributed by atoms with E-state index in [1.165, 1.54) is 6.42 Å². The molecule has 0 aliphatic carbocycles. The second-order valence-electron chi connectivity index (χ2n) is 4.45. The largest absolute Gasteiger partial charge is 0.328 e. The van der Waals surface area contributed by atoms with Crippen molar-refractivity contribution in [2.24, 2.45) is 11.7 Å². The van der Waals surface area contributed by atoms with E-state index < -0.39 is 0 Å². The quantitative estimate of drug-likeness (QED) is 0.756. The molecule has 4 nitrogen and oxygen atoms in total. The minimum Gasteiger partial charge on any atom is -0.328 e. The monoisotopic (exact) mass is 194 g/mol. The zero-order valence-electron chi connectivity index (χ0n) is 8.90. The van der Waals surface area contributed by atoms with Crippen LogP contribution < -0.4 is 5.73 Å². The van der Waals surface area contributed by atoms with Crippen LogP contribution in [-0.2, 0) is 19.4 Å². The summed E-state index contributed by atoms with van der Waals surface area (Å²) in [5.74, 6) is 2.77. The third-order valence-corrected chi connectivity index (χ3v) is 2.64. The summed E-state index contributed by atoms with van der Waals surface area (Å²) >= 11 is 0. The topological polar surface area (TPSA) is 56.7 Å². The molecule has 0 fully saturated rings. The van der Waals surface area contributed by atoms with Crippen molar-refractivity contribution in [2.45, 2.75) is 45.7 Å². The molecule has 14 heavy (non-hydrogen) atoms. The Labute approximate surface area is 84.5 Å². The maximum atomic E-state index is 5.72. The fraction of sp³-hybridized carbons (Fsp3) is 0.800. The van der Waals surface area contributed by atoms with Crippen molar-refractivity contribution in [3.8, 4) is 0 Å². The summed E-state index contributed by atoms with van der Waals surface area (Å²) in [7, 11) is 0. The summed E-state index contributed by atoms with van der Waals surface area (Å²) in [6.07, 6.45) is 3.08. The van der Waals surface area contributed by atoms with Gasteiger partial charge in [-0.1, -0.05) is 6.92 Å². The fourth-order valence-electron chi connectivity index (χ4n) is 1.89. The average molecular weight is 194 g/mol. The second-order valence-corrected chi connectivity index (χ2v) is 4.45. The number of rotatable bonds is 2. The van der Waals surface area contributed by atoms with Crippen LogP contribution in [0.2, 0.25) is 0 Å².